The number of likely N-dealkylation sites (tertiary alicyclic amines) is 2. The number of benzene rings is 2. The van der Waals surface area contributed by atoms with E-state index in [4.69, 9.17) is 48.4 Å². The summed E-state index contributed by atoms with van der Waals surface area (Å²) in [5, 5.41) is 21.4. The molecule has 0 spiro atoms. The average molecular weight is 983 g/mol. The van der Waals surface area contributed by atoms with Gasteiger partial charge in [0.05, 0.1) is 28.4 Å². The Balaban J connectivity index is 0.000000265. The SMILES string of the molecule is COC(=O)C1(N(OCc2ccccc2OC)C(C)=O)CCN(CCc2cccs2)CC1.COC(=O)C1(N(OCc2ccccc2OC)C(C)=O)CCN(CCc2cccs2)CC1.O=C(O)C(=O)O. The molecule has 370 valence electrons. The van der Waals surface area contributed by atoms with Crippen LogP contribution in [0.15, 0.2) is 83.6 Å². The first-order valence-electron chi connectivity index (χ1n) is 21.9. The lowest BCUT2D eigenvalue weighted by Crippen LogP contribution is -2.61. The van der Waals surface area contributed by atoms with Gasteiger partial charge in [-0.2, -0.15) is 0 Å². The molecule has 18 nitrogen and oxygen atoms in total. The van der Waals surface area contributed by atoms with Crippen LogP contribution in [0.1, 0.15) is 60.4 Å². The molecule has 68 heavy (non-hydrogen) atoms. The minimum atomic E-state index is -1.82. The van der Waals surface area contributed by atoms with E-state index in [2.05, 4.69) is 44.8 Å². The maximum atomic E-state index is 12.9. The number of hydrogen-bond donors (Lipinski definition) is 2. The van der Waals surface area contributed by atoms with Crippen molar-refractivity contribution in [3.63, 3.8) is 0 Å². The molecule has 2 saturated heterocycles. The van der Waals surface area contributed by atoms with Gasteiger partial charge in [0.2, 0.25) is 11.8 Å². The Kier molecular flexibility index (Phi) is 21.9. The fourth-order valence-corrected chi connectivity index (χ4v) is 9.44. The number of hydroxylamine groups is 4. The number of carbonyl (C=O) groups excluding carboxylic acids is 4. The summed E-state index contributed by atoms with van der Waals surface area (Å²) in [7, 11) is 5.88. The molecule has 2 N–H and O–H groups in total. The monoisotopic (exact) mass is 982 g/mol. The van der Waals surface area contributed by atoms with E-state index in [0.29, 0.717) is 63.4 Å². The molecule has 6 rings (SSSR count). The van der Waals surface area contributed by atoms with Crippen LogP contribution < -0.4 is 9.47 Å². The molecule has 0 unspecified atom stereocenters. The Labute approximate surface area is 404 Å². The molecule has 2 aromatic carbocycles. The lowest BCUT2D eigenvalue weighted by molar-refractivity contribution is -0.240. The highest BCUT2D eigenvalue weighted by molar-refractivity contribution is 7.10. The van der Waals surface area contributed by atoms with Crippen molar-refractivity contribution in [2.75, 3.05) is 67.7 Å². The zero-order valence-electron chi connectivity index (χ0n) is 39.4. The van der Waals surface area contributed by atoms with E-state index in [1.807, 2.05) is 48.5 Å². The van der Waals surface area contributed by atoms with Crippen LogP contribution in [-0.2, 0) is 74.0 Å². The summed E-state index contributed by atoms with van der Waals surface area (Å²) in [4.78, 5) is 88.3. The highest BCUT2D eigenvalue weighted by atomic mass is 32.1. The molecule has 2 aromatic heterocycles. The first-order chi connectivity index (χ1) is 32.6. The van der Waals surface area contributed by atoms with Crippen molar-refractivity contribution >= 4 is 58.4 Å². The van der Waals surface area contributed by atoms with Gasteiger partial charge in [0, 0.05) is 74.0 Å². The molecule has 4 heterocycles. The molecule has 20 heteroatoms. The molecule has 0 atom stereocenters. The Bertz CT molecular complexity index is 2070. The van der Waals surface area contributed by atoms with E-state index >= 15 is 0 Å². The minimum absolute atomic E-state index is 0.116. The fourth-order valence-electron chi connectivity index (χ4n) is 8.04. The second-order valence-electron chi connectivity index (χ2n) is 15.8. The summed E-state index contributed by atoms with van der Waals surface area (Å²) in [6, 6.07) is 23.3. The second kappa shape index (κ2) is 27.2. The van der Waals surface area contributed by atoms with Crippen LogP contribution >= 0.6 is 22.7 Å². The number of esters is 2. The Morgan fingerprint density at radius 3 is 1.19 bits per heavy atom. The van der Waals surface area contributed by atoms with Crippen molar-refractivity contribution in [3.05, 3.63) is 104 Å². The number of hydrogen-bond acceptors (Lipinski definition) is 16. The van der Waals surface area contributed by atoms with Gasteiger partial charge in [-0.3, -0.25) is 19.3 Å². The third-order valence-electron chi connectivity index (χ3n) is 11.6. The van der Waals surface area contributed by atoms with Gasteiger partial charge in [-0.25, -0.2) is 29.3 Å². The van der Waals surface area contributed by atoms with Gasteiger partial charge < -0.3 is 39.0 Å². The topological polar surface area (TPSA) is 211 Å². The first kappa shape index (κ1) is 54.7. The number of carboxylic acids is 2. The number of para-hydroxylation sites is 2. The molecule has 4 aromatic rings. The summed E-state index contributed by atoms with van der Waals surface area (Å²) in [5.74, 6) is -3.85. The van der Waals surface area contributed by atoms with Crippen molar-refractivity contribution in [3.8, 4) is 11.5 Å². The third kappa shape index (κ3) is 15.1. The summed E-state index contributed by atoms with van der Waals surface area (Å²) in [5.41, 5.74) is -0.682. The van der Waals surface area contributed by atoms with Crippen molar-refractivity contribution in [2.24, 2.45) is 0 Å². The normalized spacial score (nSPS) is 15.2. The van der Waals surface area contributed by atoms with Crippen LogP contribution in [0.25, 0.3) is 0 Å². The number of thiophene rings is 2. The number of amides is 2. The molecular formula is C48H62N4O14S2. The zero-order chi connectivity index (χ0) is 49.7. The van der Waals surface area contributed by atoms with E-state index < -0.39 is 35.0 Å². The van der Waals surface area contributed by atoms with Crippen LogP contribution in [0, 0.1) is 0 Å². The van der Waals surface area contributed by atoms with Crippen molar-refractivity contribution < 1.29 is 67.6 Å². The van der Waals surface area contributed by atoms with Gasteiger partial charge in [0.15, 0.2) is 11.1 Å². The van der Waals surface area contributed by atoms with E-state index in [0.717, 1.165) is 37.1 Å². The summed E-state index contributed by atoms with van der Waals surface area (Å²) in [6.45, 7) is 7.62. The Morgan fingerprint density at radius 1 is 0.559 bits per heavy atom. The van der Waals surface area contributed by atoms with Crippen molar-refractivity contribution in [2.45, 2.75) is 76.7 Å². The number of methoxy groups -OCH3 is 4. The smallest absolute Gasteiger partial charge is 0.414 e. The van der Waals surface area contributed by atoms with Gasteiger partial charge in [-0.15, -0.1) is 22.7 Å². The first-order valence-corrected chi connectivity index (χ1v) is 23.6. The van der Waals surface area contributed by atoms with Gasteiger partial charge in [0.25, 0.3) is 0 Å². The predicted octanol–water partition coefficient (Wildman–Crippen LogP) is 5.73. The minimum Gasteiger partial charge on any atom is -0.496 e. The lowest BCUT2D eigenvalue weighted by atomic mass is 9.86. The van der Waals surface area contributed by atoms with Crippen molar-refractivity contribution in [1.82, 2.24) is 19.9 Å². The standard InChI is InChI=1S/2C23H30N2O5S.C2H2O4/c2*1-18(26)25(30-17-19-7-4-5-9-21(19)28-2)23(22(27)29-3)11-14-24(15-12-23)13-10-20-8-6-16-31-20;3-1(4)2(5)6/h2*4-9,16H,10-15,17H2,1-3H3;(H,3,4)(H,5,6). The number of aliphatic carboxylic acids is 2. The Hall–Kier alpha value is -5.90. The predicted molar refractivity (Wildman–Crippen MR) is 253 cm³/mol. The van der Waals surface area contributed by atoms with Gasteiger partial charge >= 0.3 is 23.9 Å². The van der Waals surface area contributed by atoms with Crippen LogP contribution in [0.4, 0.5) is 0 Å². The molecule has 2 amide bonds. The summed E-state index contributed by atoms with van der Waals surface area (Å²) in [6.07, 6.45) is 3.77. The van der Waals surface area contributed by atoms with E-state index in [9.17, 15) is 19.2 Å². The quantitative estimate of drug-likeness (QED) is 0.0693. The largest absolute Gasteiger partial charge is 0.496 e. The molecular weight excluding hydrogens is 921 g/mol. The molecule has 2 aliphatic rings. The second-order valence-corrected chi connectivity index (χ2v) is 17.9. The zero-order valence-corrected chi connectivity index (χ0v) is 41.0. The van der Waals surface area contributed by atoms with Gasteiger partial charge in [0.1, 0.15) is 24.7 Å². The van der Waals surface area contributed by atoms with Crippen LogP contribution in [-0.4, -0.2) is 145 Å². The van der Waals surface area contributed by atoms with Gasteiger partial charge in [-0.1, -0.05) is 48.5 Å². The van der Waals surface area contributed by atoms with Crippen LogP contribution in [0.5, 0.6) is 11.5 Å². The van der Waals surface area contributed by atoms with E-state index in [1.54, 1.807) is 36.9 Å². The summed E-state index contributed by atoms with van der Waals surface area (Å²) >= 11 is 3.50. The maximum absolute atomic E-state index is 12.9. The maximum Gasteiger partial charge on any atom is 0.414 e. The van der Waals surface area contributed by atoms with Gasteiger partial charge in [-0.05, 0) is 73.6 Å². The van der Waals surface area contributed by atoms with Crippen molar-refractivity contribution in [1.29, 1.82) is 0 Å². The highest BCUT2D eigenvalue weighted by Crippen LogP contribution is 2.34. The molecule has 2 fully saturated rings. The number of ether oxygens (including phenoxy) is 4. The number of piperidine rings is 2. The Morgan fingerprint density at radius 2 is 0.912 bits per heavy atom. The third-order valence-corrected chi connectivity index (χ3v) is 13.5. The fraction of sp³-hybridized carbons (Fsp3) is 0.458. The number of carbonyl (C=O) groups is 6. The molecule has 2 aliphatic heterocycles. The molecule has 0 aliphatic carbocycles. The highest BCUT2D eigenvalue weighted by Gasteiger charge is 2.51. The molecule has 0 radical (unpaired) electrons. The average Bonchev–Trinajstić information content (AvgIpc) is 4.09. The molecule has 0 bridgehead atoms. The summed E-state index contributed by atoms with van der Waals surface area (Å²) < 4.78 is 21.0. The number of rotatable bonds is 18. The number of carboxylic acid groups (broad SMARTS) is 2. The van der Waals surface area contributed by atoms with Crippen LogP contribution in [0.3, 0.4) is 0 Å². The lowest BCUT2D eigenvalue weighted by Gasteiger charge is -2.45. The molecule has 0 saturated carbocycles. The van der Waals surface area contributed by atoms with E-state index in [-0.39, 0.29) is 25.0 Å². The van der Waals surface area contributed by atoms with E-state index in [1.165, 1.54) is 47.9 Å². The number of nitrogens with zero attached hydrogens (tertiary/aromatic N) is 4. The van der Waals surface area contributed by atoms with Crippen LogP contribution in [0.2, 0.25) is 0 Å².